The Kier molecular flexibility index (Phi) is 14.1. The lowest BCUT2D eigenvalue weighted by Crippen LogP contribution is -2.50. The van der Waals surface area contributed by atoms with Crippen molar-refractivity contribution in [2.24, 2.45) is 0 Å². The summed E-state index contributed by atoms with van der Waals surface area (Å²) in [6.07, 6.45) is 1.92. The summed E-state index contributed by atoms with van der Waals surface area (Å²) in [6.45, 7) is 26.7. The van der Waals surface area contributed by atoms with Crippen LogP contribution in [0.1, 0.15) is 20.8 Å². The molecule has 1 unspecified atom stereocenters. The Bertz CT molecular complexity index is 666. The van der Waals surface area contributed by atoms with Gasteiger partial charge in [-0.05, 0) is 20.8 Å². The van der Waals surface area contributed by atoms with E-state index in [4.69, 9.17) is 0 Å². The van der Waals surface area contributed by atoms with Crippen LogP contribution in [0.4, 0.5) is 0 Å². The average Bonchev–Trinajstić information content (AvgIpc) is 2.72. The van der Waals surface area contributed by atoms with Crippen LogP contribution in [-0.2, 0) is 9.59 Å². The van der Waals surface area contributed by atoms with E-state index in [0.717, 1.165) is 83.1 Å². The summed E-state index contributed by atoms with van der Waals surface area (Å²) in [4.78, 5) is 33.5. The summed E-state index contributed by atoms with van der Waals surface area (Å²) in [5.41, 5.74) is 2.27. The van der Waals surface area contributed by atoms with Crippen LogP contribution in [0.25, 0.3) is 0 Å². The zero-order valence-electron chi connectivity index (χ0n) is 21.0. The predicted octanol–water partition coefficient (Wildman–Crippen LogP) is 0.612. The maximum atomic E-state index is 12.6. The summed E-state index contributed by atoms with van der Waals surface area (Å²) in [6, 6.07) is -0.846. The van der Waals surface area contributed by atoms with Gasteiger partial charge < -0.3 is 10.4 Å². The molecule has 8 heteroatoms. The zero-order valence-corrected chi connectivity index (χ0v) is 21.0. The van der Waals surface area contributed by atoms with Crippen LogP contribution >= 0.6 is 0 Å². The SMILES string of the molecule is C=CCN1CCN(CC(=C)C)CCN(CC(=C)C)CCN(CC(=O)NC(CO)C(C)=O)CC1. The van der Waals surface area contributed by atoms with Crippen molar-refractivity contribution in [2.75, 3.05) is 85.1 Å². The number of rotatable bonds is 11. The maximum Gasteiger partial charge on any atom is 0.234 e. The molecule has 1 rings (SSSR count). The van der Waals surface area contributed by atoms with Crippen LogP contribution in [0.2, 0.25) is 0 Å². The number of carbonyl (C=O) groups excluding carboxylic acids is 2. The Morgan fingerprint density at radius 1 is 0.818 bits per heavy atom. The molecule has 0 aromatic rings. The Hall–Kier alpha value is -1.84. The minimum absolute atomic E-state index is 0.189. The van der Waals surface area contributed by atoms with E-state index >= 15 is 0 Å². The molecule has 8 nitrogen and oxygen atoms in total. The normalized spacial score (nSPS) is 19.2. The lowest BCUT2D eigenvalue weighted by molar-refractivity contribution is -0.128. The third kappa shape index (κ3) is 12.8. The average molecular weight is 464 g/mol. The van der Waals surface area contributed by atoms with Gasteiger partial charge in [0.15, 0.2) is 5.78 Å². The van der Waals surface area contributed by atoms with Crippen molar-refractivity contribution in [3.63, 3.8) is 0 Å². The molecule has 33 heavy (non-hydrogen) atoms. The number of nitrogens with zero attached hydrogens (tertiary/aromatic N) is 4. The highest BCUT2D eigenvalue weighted by atomic mass is 16.3. The summed E-state index contributed by atoms with van der Waals surface area (Å²) in [5, 5.41) is 12.0. The highest BCUT2D eigenvalue weighted by molar-refractivity contribution is 5.88. The third-order valence-corrected chi connectivity index (χ3v) is 5.68. The van der Waals surface area contributed by atoms with E-state index < -0.39 is 6.04 Å². The highest BCUT2D eigenvalue weighted by Crippen LogP contribution is 2.05. The molecule has 0 aromatic carbocycles. The molecule has 2 N–H and O–H groups in total. The molecule has 1 aliphatic rings. The van der Waals surface area contributed by atoms with Gasteiger partial charge in [0.05, 0.1) is 13.2 Å². The van der Waals surface area contributed by atoms with Crippen LogP contribution in [0, 0.1) is 0 Å². The molecule has 0 saturated carbocycles. The maximum absolute atomic E-state index is 12.6. The molecule has 1 amide bonds. The number of hydrogen-bond acceptors (Lipinski definition) is 7. The predicted molar refractivity (Wildman–Crippen MR) is 135 cm³/mol. The van der Waals surface area contributed by atoms with Gasteiger partial charge in [-0.25, -0.2) is 0 Å². The van der Waals surface area contributed by atoms with Gasteiger partial charge in [-0.2, -0.15) is 0 Å². The Labute approximate surface area is 200 Å². The number of ketones is 1. The van der Waals surface area contributed by atoms with Crippen LogP contribution in [0.3, 0.4) is 0 Å². The van der Waals surface area contributed by atoms with Crippen molar-refractivity contribution in [3.05, 3.63) is 37.0 Å². The molecular formula is C25H45N5O3. The van der Waals surface area contributed by atoms with Crippen molar-refractivity contribution < 1.29 is 14.7 Å². The topological polar surface area (TPSA) is 79.4 Å². The van der Waals surface area contributed by atoms with Crippen LogP contribution in [0.15, 0.2) is 37.0 Å². The minimum Gasteiger partial charge on any atom is -0.394 e. The van der Waals surface area contributed by atoms with Crippen LogP contribution in [-0.4, -0.2) is 128 Å². The smallest absolute Gasteiger partial charge is 0.234 e. The molecule has 1 fully saturated rings. The van der Waals surface area contributed by atoms with Crippen molar-refractivity contribution in [3.8, 4) is 0 Å². The van der Waals surface area contributed by atoms with Gasteiger partial charge in [-0.15, -0.1) is 6.58 Å². The number of nitrogens with one attached hydrogen (secondary N) is 1. The van der Waals surface area contributed by atoms with Crippen molar-refractivity contribution in [1.29, 1.82) is 0 Å². The Balaban J connectivity index is 2.92. The Morgan fingerprint density at radius 2 is 1.21 bits per heavy atom. The summed E-state index contributed by atoms with van der Waals surface area (Å²) in [7, 11) is 0. The quantitative estimate of drug-likeness (QED) is 0.435. The third-order valence-electron chi connectivity index (χ3n) is 5.68. The fourth-order valence-electron chi connectivity index (χ4n) is 3.90. The van der Waals surface area contributed by atoms with E-state index in [9.17, 15) is 14.7 Å². The van der Waals surface area contributed by atoms with Gasteiger partial charge in [0, 0.05) is 72.0 Å². The molecule has 1 saturated heterocycles. The van der Waals surface area contributed by atoms with Gasteiger partial charge in [-0.3, -0.25) is 29.2 Å². The minimum atomic E-state index is -0.846. The van der Waals surface area contributed by atoms with Crippen molar-refractivity contribution in [1.82, 2.24) is 24.9 Å². The summed E-state index contributed by atoms with van der Waals surface area (Å²) in [5.74, 6) is -0.491. The molecule has 1 atom stereocenters. The van der Waals surface area contributed by atoms with E-state index in [1.54, 1.807) is 0 Å². The number of hydrogen-bond donors (Lipinski definition) is 2. The second-order valence-electron chi connectivity index (χ2n) is 9.25. The number of Topliss-reactive ketones (excluding diaryl/α,β-unsaturated/α-hetero) is 1. The van der Waals surface area contributed by atoms with E-state index in [1.165, 1.54) is 6.92 Å². The van der Waals surface area contributed by atoms with Gasteiger partial charge in [0.25, 0.3) is 0 Å². The first-order chi connectivity index (χ1) is 15.6. The monoisotopic (exact) mass is 463 g/mol. The molecule has 0 bridgehead atoms. The van der Waals surface area contributed by atoms with Gasteiger partial charge in [0.2, 0.25) is 5.91 Å². The molecule has 0 spiro atoms. The first-order valence-corrected chi connectivity index (χ1v) is 11.8. The van der Waals surface area contributed by atoms with E-state index in [2.05, 4.69) is 51.6 Å². The van der Waals surface area contributed by atoms with Crippen LogP contribution in [0.5, 0.6) is 0 Å². The van der Waals surface area contributed by atoms with Crippen molar-refractivity contribution >= 4 is 11.7 Å². The highest BCUT2D eigenvalue weighted by Gasteiger charge is 2.20. The molecular weight excluding hydrogens is 418 g/mol. The standard InChI is InChI=1S/C25H45N5O3/c1-7-8-27-9-11-28(17-21(2)3)13-14-29(18-22(4)5)15-16-30(12-10-27)19-25(33)26-24(20-31)23(6)32/h7,24,31H,1-2,4,8-20H2,3,5-6H3,(H,26,33). The fraction of sp³-hybridized carbons (Fsp3) is 0.680. The second-order valence-corrected chi connectivity index (χ2v) is 9.25. The largest absolute Gasteiger partial charge is 0.394 e. The molecule has 1 aliphatic heterocycles. The van der Waals surface area contributed by atoms with Gasteiger partial charge in [0.1, 0.15) is 6.04 Å². The van der Waals surface area contributed by atoms with E-state index in [-0.39, 0.29) is 24.8 Å². The lowest BCUT2D eigenvalue weighted by Gasteiger charge is -2.34. The molecule has 0 aromatic heterocycles. The van der Waals surface area contributed by atoms with Crippen LogP contribution < -0.4 is 5.32 Å². The summed E-state index contributed by atoms with van der Waals surface area (Å²) >= 11 is 0. The number of carbonyl (C=O) groups is 2. The molecule has 188 valence electrons. The number of amides is 1. The first kappa shape index (κ1) is 29.2. The second kappa shape index (κ2) is 15.9. The fourth-order valence-corrected chi connectivity index (χ4v) is 3.90. The molecule has 1 heterocycles. The first-order valence-electron chi connectivity index (χ1n) is 11.8. The lowest BCUT2D eigenvalue weighted by atomic mass is 10.2. The van der Waals surface area contributed by atoms with E-state index in [0.29, 0.717) is 0 Å². The molecule has 0 radical (unpaired) electrons. The number of aliphatic hydroxyl groups excluding tert-OH is 1. The van der Waals surface area contributed by atoms with Gasteiger partial charge in [-0.1, -0.05) is 30.4 Å². The zero-order chi connectivity index (χ0) is 24.8. The Morgan fingerprint density at radius 3 is 1.55 bits per heavy atom. The van der Waals surface area contributed by atoms with Gasteiger partial charge >= 0.3 is 0 Å². The molecule has 0 aliphatic carbocycles. The summed E-state index contributed by atoms with van der Waals surface area (Å²) < 4.78 is 0. The van der Waals surface area contributed by atoms with E-state index in [1.807, 2.05) is 13.0 Å². The van der Waals surface area contributed by atoms with Crippen molar-refractivity contribution in [2.45, 2.75) is 26.8 Å². The number of aliphatic hydroxyl groups is 1.